The summed E-state index contributed by atoms with van der Waals surface area (Å²) in [7, 11) is -3.50. The Bertz CT molecular complexity index is 520. The number of hydrogen-bond donors (Lipinski definition) is 3. The molecule has 1 aliphatic rings. The van der Waals surface area contributed by atoms with Crippen LogP contribution in [-0.4, -0.2) is 30.7 Å². The number of aryl methyl sites for hydroxylation is 1. The molecule has 1 saturated carbocycles. The minimum Gasteiger partial charge on any atom is -0.327 e. The molecule has 1 aromatic rings. The number of aromatic nitrogens is 2. The molecule has 0 spiro atoms. The Morgan fingerprint density at radius 3 is 2.65 bits per heavy atom. The van der Waals surface area contributed by atoms with E-state index in [9.17, 15) is 8.42 Å². The van der Waals surface area contributed by atoms with Crippen molar-refractivity contribution in [1.82, 2.24) is 14.9 Å². The van der Waals surface area contributed by atoms with E-state index in [-0.39, 0.29) is 22.4 Å². The summed E-state index contributed by atoms with van der Waals surface area (Å²) in [5.74, 6) is 0. The zero-order chi connectivity index (χ0) is 12.8. The van der Waals surface area contributed by atoms with Gasteiger partial charge in [0.2, 0.25) is 10.0 Å². The Hall–Kier alpha value is -0.920. The smallest absolute Gasteiger partial charge is 0.244 e. The minimum atomic E-state index is -3.50. The van der Waals surface area contributed by atoms with E-state index in [1.807, 2.05) is 13.8 Å². The van der Waals surface area contributed by atoms with Crippen molar-refractivity contribution in [2.75, 3.05) is 0 Å². The maximum atomic E-state index is 12.1. The predicted molar refractivity (Wildman–Crippen MR) is 63.8 cm³/mol. The zero-order valence-electron chi connectivity index (χ0n) is 10.2. The molecule has 1 heterocycles. The van der Waals surface area contributed by atoms with Crippen LogP contribution < -0.4 is 10.5 Å². The first-order chi connectivity index (χ1) is 7.75. The van der Waals surface area contributed by atoms with Gasteiger partial charge in [-0.1, -0.05) is 13.8 Å². The summed E-state index contributed by atoms with van der Waals surface area (Å²) in [6.45, 7) is 5.62. The fourth-order valence-electron chi connectivity index (χ4n) is 2.02. The van der Waals surface area contributed by atoms with Crippen LogP contribution in [0.4, 0.5) is 0 Å². The van der Waals surface area contributed by atoms with E-state index in [0.29, 0.717) is 12.1 Å². The molecule has 0 amide bonds. The van der Waals surface area contributed by atoms with Crippen LogP contribution >= 0.6 is 0 Å². The van der Waals surface area contributed by atoms with Crippen LogP contribution in [0.2, 0.25) is 0 Å². The summed E-state index contributed by atoms with van der Waals surface area (Å²) < 4.78 is 26.9. The Morgan fingerprint density at radius 1 is 1.59 bits per heavy atom. The second-order valence-corrected chi connectivity index (χ2v) is 6.88. The first-order valence-electron chi connectivity index (χ1n) is 5.53. The second-order valence-electron chi connectivity index (χ2n) is 5.20. The molecule has 1 aromatic heterocycles. The van der Waals surface area contributed by atoms with E-state index < -0.39 is 10.0 Å². The molecule has 7 heteroatoms. The third-order valence-corrected chi connectivity index (χ3v) is 5.30. The van der Waals surface area contributed by atoms with Crippen LogP contribution in [-0.2, 0) is 10.0 Å². The molecule has 4 N–H and O–H groups in total. The molecule has 0 bridgehead atoms. The third kappa shape index (κ3) is 1.98. The van der Waals surface area contributed by atoms with Crippen LogP contribution in [0, 0.1) is 12.3 Å². The maximum absolute atomic E-state index is 12.1. The average molecular weight is 258 g/mol. The molecule has 0 aromatic carbocycles. The van der Waals surface area contributed by atoms with Gasteiger partial charge in [-0.15, -0.1) is 0 Å². The van der Waals surface area contributed by atoms with Gasteiger partial charge in [0, 0.05) is 12.1 Å². The highest BCUT2D eigenvalue weighted by Crippen LogP contribution is 2.39. The Kier molecular flexibility index (Phi) is 2.80. The summed E-state index contributed by atoms with van der Waals surface area (Å²) >= 11 is 0. The highest BCUT2D eigenvalue weighted by molar-refractivity contribution is 7.89. The molecular formula is C10H18N4O2S. The summed E-state index contributed by atoms with van der Waals surface area (Å²) in [4.78, 5) is 0.203. The fraction of sp³-hybridized carbons (Fsp3) is 0.700. The van der Waals surface area contributed by atoms with Crippen molar-refractivity contribution in [3.63, 3.8) is 0 Å². The van der Waals surface area contributed by atoms with E-state index in [4.69, 9.17) is 5.73 Å². The molecule has 1 aliphatic carbocycles. The number of nitrogens with one attached hydrogen (secondary N) is 2. The summed E-state index contributed by atoms with van der Waals surface area (Å²) in [5.41, 5.74) is 6.20. The van der Waals surface area contributed by atoms with Gasteiger partial charge in [0.15, 0.2) is 0 Å². The number of nitrogens with two attached hydrogens (primary N) is 1. The van der Waals surface area contributed by atoms with Crippen molar-refractivity contribution < 1.29 is 8.42 Å². The topological polar surface area (TPSA) is 101 Å². The zero-order valence-corrected chi connectivity index (χ0v) is 11.0. The summed E-state index contributed by atoms with van der Waals surface area (Å²) in [5, 5.41) is 6.34. The van der Waals surface area contributed by atoms with Crippen LogP contribution in [0.15, 0.2) is 11.1 Å². The Balaban J connectivity index is 2.18. The maximum Gasteiger partial charge on any atom is 0.244 e. The van der Waals surface area contributed by atoms with E-state index in [1.165, 1.54) is 6.20 Å². The van der Waals surface area contributed by atoms with Crippen LogP contribution in [0.5, 0.6) is 0 Å². The fourth-order valence-corrected chi connectivity index (χ4v) is 3.56. The van der Waals surface area contributed by atoms with Gasteiger partial charge in [-0.3, -0.25) is 5.10 Å². The molecule has 17 heavy (non-hydrogen) atoms. The van der Waals surface area contributed by atoms with Crippen LogP contribution in [0.25, 0.3) is 0 Å². The van der Waals surface area contributed by atoms with Gasteiger partial charge in [-0.2, -0.15) is 5.10 Å². The van der Waals surface area contributed by atoms with E-state index in [2.05, 4.69) is 14.9 Å². The standard InChI is InChI=1S/C10H18N4O2S/c1-6-7(5-12-13-6)17(15,16)14-9-4-8(11)10(9,2)3/h5,8-9,14H,4,11H2,1-3H3,(H,12,13). The van der Waals surface area contributed by atoms with Gasteiger partial charge in [0.05, 0.1) is 11.9 Å². The molecular weight excluding hydrogens is 240 g/mol. The lowest BCUT2D eigenvalue weighted by molar-refractivity contribution is 0.0903. The quantitative estimate of drug-likeness (QED) is 0.717. The van der Waals surface area contributed by atoms with Crippen molar-refractivity contribution in [3.05, 3.63) is 11.9 Å². The molecule has 1 fully saturated rings. The van der Waals surface area contributed by atoms with Gasteiger partial charge >= 0.3 is 0 Å². The van der Waals surface area contributed by atoms with Crippen molar-refractivity contribution in [3.8, 4) is 0 Å². The van der Waals surface area contributed by atoms with Gasteiger partial charge in [-0.25, -0.2) is 13.1 Å². The lowest BCUT2D eigenvalue weighted by Gasteiger charge is -2.50. The molecule has 2 rings (SSSR count). The van der Waals surface area contributed by atoms with E-state index >= 15 is 0 Å². The molecule has 2 atom stereocenters. The van der Waals surface area contributed by atoms with Crippen molar-refractivity contribution in [2.45, 2.75) is 44.2 Å². The number of H-pyrrole nitrogens is 1. The first-order valence-corrected chi connectivity index (χ1v) is 7.01. The van der Waals surface area contributed by atoms with E-state index in [0.717, 1.165) is 0 Å². The van der Waals surface area contributed by atoms with Gasteiger partial charge < -0.3 is 5.73 Å². The van der Waals surface area contributed by atoms with Crippen LogP contribution in [0.1, 0.15) is 26.0 Å². The number of hydrogen-bond acceptors (Lipinski definition) is 4. The normalized spacial score (nSPS) is 27.8. The molecule has 2 unspecified atom stereocenters. The summed E-state index contributed by atoms with van der Waals surface area (Å²) in [6.07, 6.45) is 1.99. The average Bonchev–Trinajstić information content (AvgIpc) is 2.64. The lowest BCUT2D eigenvalue weighted by atomic mass is 9.64. The van der Waals surface area contributed by atoms with Crippen molar-refractivity contribution in [1.29, 1.82) is 0 Å². The van der Waals surface area contributed by atoms with Crippen molar-refractivity contribution >= 4 is 10.0 Å². The number of rotatable bonds is 3. The highest BCUT2D eigenvalue weighted by atomic mass is 32.2. The highest BCUT2D eigenvalue weighted by Gasteiger charge is 2.47. The Labute approximate surface area is 101 Å². The first kappa shape index (κ1) is 12.5. The largest absolute Gasteiger partial charge is 0.327 e. The van der Waals surface area contributed by atoms with Gasteiger partial charge in [-0.05, 0) is 18.8 Å². The predicted octanol–water partition coefficient (Wildman–Crippen LogP) is 0.122. The molecule has 6 nitrogen and oxygen atoms in total. The van der Waals surface area contributed by atoms with Crippen LogP contribution in [0.3, 0.4) is 0 Å². The molecule has 0 radical (unpaired) electrons. The van der Waals surface area contributed by atoms with Gasteiger partial charge in [0.25, 0.3) is 0 Å². The monoisotopic (exact) mass is 258 g/mol. The number of aromatic amines is 1. The lowest BCUT2D eigenvalue weighted by Crippen LogP contribution is -2.64. The number of sulfonamides is 1. The van der Waals surface area contributed by atoms with Crippen molar-refractivity contribution in [2.24, 2.45) is 11.1 Å². The SMILES string of the molecule is Cc1[nH]ncc1S(=O)(=O)NC1CC(N)C1(C)C. The van der Waals surface area contributed by atoms with Gasteiger partial charge in [0.1, 0.15) is 4.90 Å². The molecule has 96 valence electrons. The second kappa shape index (κ2) is 3.79. The molecule has 0 saturated heterocycles. The summed E-state index contributed by atoms with van der Waals surface area (Å²) in [6, 6.07) is -0.0718. The third-order valence-electron chi connectivity index (χ3n) is 3.71. The molecule has 0 aliphatic heterocycles. The Morgan fingerprint density at radius 2 is 2.24 bits per heavy atom. The van der Waals surface area contributed by atoms with E-state index in [1.54, 1.807) is 6.92 Å². The number of nitrogens with zero attached hydrogens (tertiary/aromatic N) is 1. The minimum absolute atomic E-state index is 0.0423.